The van der Waals surface area contributed by atoms with Crippen molar-refractivity contribution in [2.45, 2.75) is 11.1 Å². The Kier molecular flexibility index (Phi) is 4.53. The molecule has 1 aromatic heterocycles. The number of rotatable bonds is 3. The molecule has 1 unspecified atom stereocenters. The molecule has 136 valence electrons. The van der Waals surface area contributed by atoms with Crippen LogP contribution in [0, 0.1) is 5.82 Å². The summed E-state index contributed by atoms with van der Waals surface area (Å²) >= 11 is 0. The highest BCUT2D eigenvalue weighted by Crippen LogP contribution is 2.31. The molecule has 0 aliphatic heterocycles. The van der Waals surface area contributed by atoms with E-state index in [2.05, 4.69) is 19.0 Å². The van der Waals surface area contributed by atoms with E-state index in [1.807, 2.05) is 0 Å². The van der Waals surface area contributed by atoms with Crippen LogP contribution < -0.4 is 0 Å². The van der Waals surface area contributed by atoms with Crippen molar-refractivity contribution in [2.75, 3.05) is 6.26 Å². The number of halogens is 4. The minimum absolute atomic E-state index is 0.0714. The van der Waals surface area contributed by atoms with Crippen LogP contribution in [0.5, 0.6) is 0 Å². The van der Waals surface area contributed by atoms with Gasteiger partial charge in [0.05, 0.1) is 21.0 Å². The molecule has 2 aromatic carbocycles. The van der Waals surface area contributed by atoms with Gasteiger partial charge in [-0.05, 0) is 24.3 Å². The van der Waals surface area contributed by atoms with Crippen LogP contribution in [-0.4, -0.2) is 20.6 Å². The fourth-order valence-electron chi connectivity index (χ4n) is 2.12. The monoisotopic (exact) mass is 385 g/mol. The maximum Gasteiger partial charge on any atom is 0.471 e. The SMILES string of the molecule is CS(=O)(=Nc1ccc(-c2noc(C(F)(F)F)n2)c(F)c1)c1ccccc1. The summed E-state index contributed by atoms with van der Waals surface area (Å²) in [6, 6.07) is 11.8. The highest BCUT2D eigenvalue weighted by atomic mass is 32.2. The number of nitrogens with zero attached hydrogens (tertiary/aromatic N) is 3. The first kappa shape index (κ1) is 18.1. The molecular weight excluding hydrogens is 374 g/mol. The molecule has 0 bridgehead atoms. The van der Waals surface area contributed by atoms with Crippen LogP contribution in [0.25, 0.3) is 11.4 Å². The second-order valence-electron chi connectivity index (χ2n) is 5.29. The highest BCUT2D eigenvalue weighted by molar-refractivity contribution is 7.93. The largest absolute Gasteiger partial charge is 0.471 e. The van der Waals surface area contributed by atoms with Crippen LogP contribution in [0.1, 0.15) is 5.89 Å². The zero-order chi connectivity index (χ0) is 18.9. The van der Waals surface area contributed by atoms with Crippen molar-refractivity contribution in [1.29, 1.82) is 0 Å². The van der Waals surface area contributed by atoms with E-state index in [9.17, 15) is 21.8 Å². The Balaban J connectivity index is 1.97. The van der Waals surface area contributed by atoms with Gasteiger partial charge >= 0.3 is 12.1 Å². The van der Waals surface area contributed by atoms with E-state index in [0.717, 1.165) is 12.1 Å². The molecule has 5 nitrogen and oxygen atoms in total. The molecule has 3 aromatic rings. The molecule has 0 spiro atoms. The third kappa shape index (κ3) is 3.74. The van der Waals surface area contributed by atoms with Gasteiger partial charge in [0.25, 0.3) is 0 Å². The van der Waals surface area contributed by atoms with E-state index < -0.39 is 33.4 Å². The molecular formula is C16H11F4N3O2S. The second-order valence-corrected chi connectivity index (χ2v) is 7.55. The first-order valence-electron chi connectivity index (χ1n) is 7.15. The standard InChI is InChI=1S/C16H11F4N3O2S/c1-26(24,11-5-3-2-4-6-11)23-10-7-8-12(13(17)9-10)14-21-15(25-22-14)16(18,19)20/h2-9H,1H3. The number of aromatic nitrogens is 2. The summed E-state index contributed by atoms with van der Waals surface area (Å²) in [6.45, 7) is 0. The zero-order valence-electron chi connectivity index (χ0n) is 13.2. The van der Waals surface area contributed by atoms with E-state index in [0.29, 0.717) is 4.90 Å². The summed E-state index contributed by atoms with van der Waals surface area (Å²) in [5.41, 5.74) is -0.215. The normalized spacial score (nSPS) is 14.0. The molecule has 0 radical (unpaired) electrons. The lowest BCUT2D eigenvalue weighted by atomic mass is 10.2. The van der Waals surface area contributed by atoms with Crippen molar-refractivity contribution in [3.8, 4) is 11.4 Å². The minimum atomic E-state index is -4.82. The minimum Gasteiger partial charge on any atom is -0.329 e. The number of hydrogen-bond donors (Lipinski definition) is 0. The Bertz CT molecular complexity index is 1050. The molecule has 26 heavy (non-hydrogen) atoms. The number of alkyl halides is 3. The van der Waals surface area contributed by atoms with Crippen LogP contribution >= 0.6 is 0 Å². The summed E-state index contributed by atoms with van der Waals surface area (Å²) in [6.07, 6.45) is -3.41. The molecule has 0 N–H and O–H groups in total. The van der Waals surface area contributed by atoms with Gasteiger partial charge in [0.1, 0.15) is 5.82 Å². The zero-order valence-corrected chi connectivity index (χ0v) is 14.0. The van der Waals surface area contributed by atoms with E-state index in [1.54, 1.807) is 30.3 Å². The summed E-state index contributed by atoms with van der Waals surface area (Å²) in [5, 5.41) is 3.13. The fourth-order valence-corrected chi connectivity index (χ4v) is 3.40. The van der Waals surface area contributed by atoms with Gasteiger partial charge in [-0.2, -0.15) is 22.5 Å². The number of benzene rings is 2. The van der Waals surface area contributed by atoms with Gasteiger partial charge in [-0.15, -0.1) is 0 Å². The van der Waals surface area contributed by atoms with E-state index in [1.165, 1.54) is 12.3 Å². The maximum absolute atomic E-state index is 14.3. The van der Waals surface area contributed by atoms with Gasteiger partial charge in [-0.3, -0.25) is 0 Å². The van der Waals surface area contributed by atoms with Gasteiger partial charge in [-0.25, -0.2) is 8.60 Å². The van der Waals surface area contributed by atoms with Crippen LogP contribution in [0.15, 0.2) is 62.3 Å². The first-order valence-corrected chi connectivity index (χ1v) is 9.07. The summed E-state index contributed by atoms with van der Waals surface area (Å²) in [5.74, 6) is -3.02. The molecule has 10 heteroatoms. The third-order valence-electron chi connectivity index (χ3n) is 3.32. The quantitative estimate of drug-likeness (QED) is 0.614. The van der Waals surface area contributed by atoms with Gasteiger partial charge < -0.3 is 4.52 Å². The van der Waals surface area contributed by atoms with Crippen LogP contribution in [0.4, 0.5) is 23.2 Å². The highest BCUT2D eigenvalue weighted by Gasteiger charge is 2.38. The van der Waals surface area contributed by atoms with Gasteiger partial charge in [0.15, 0.2) is 0 Å². The van der Waals surface area contributed by atoms with Gasteiger partial charge in [0.2, 0.25) is 5.82 Å². The Morgan fingerprint density at radius 1 is 1.12 bits per heavy atom. The van der Waals surface area contributed by atoms with Crippen LogP contribution in [0.2, 0.25) is 0 Å². The van der Waals surface area contributed by atoms with Crippen molar-refractivity contribution >= 4 is 15.4 Å². The molecule has 0 saturated carbocycles. The van der Waals surface area contributed by atoms with E-state index in [4.69, 9.17) is 0 Å². The predicted octanol–water partition coefficient (Wildman–Crippen LogP) is 4.68. The predicted molar refractivity (Wildman–Crippen MR) is 85.6 cm³/mol. The topological polar surface area (TPSA) is 68.3 Å². The number of hydrogen-bond acceptors (Lipinski definition) is 5. The van der Waals surface area contributed by atoms with Crippen LogP contribution in [-0.2, 0) is 15.9 Å². The Labute approximate surface area is 145 Å². The Morgan fingerprint density at radius 3 is 2.38 bits per heavy atom. The van der Waals surface area contributed by atoms with Crippen molar-refractivity contribution in [2.24, 2.45) is 4.36 Å². The molecule has 0 aliphatic carbocycles. The molecule has 0 amide bonds. The van der Waals surface area contributed by atoms with Crippen molar-refractivity contribution in [3.63, 3.8) is 0 Å². The maximum atomic E-state index is 14.3. The van der Waals surface area contributed by atoms with Gasteiger partial charge in [0, 0.05) is 17.2 Å². The molecule has 1 atom stereocenters. The Hall–Kier alpha value is -2.75. The lowest BCUT2D eigenvalue weighted by Crippen LogP contribution is -2.04. The fraction of sp³-hybridized carbons (Fsp3) is 0.125. The molecule has 1 heterocycles. The molecule has 3 rings (SSSR count). The summed E-state index contributed by atoms with van der Waals surface area (Å²) in [4.78, 5) is 3.60. The molecule has 0 aliphatic rings. The average molecular weight is 385 g/mol. The summed E-state index contributed by atoms with van der Waals surface area (Å²) in [7, 11) is -2.81. The smallest absolute Gasteiger partial charge is 0.329 e. The van der Waals surface area contributed by atoms with Crippen molar-refractivity contribution in [3.05, 3.63) is 60.2 Å². The van der Waals surface area contributed by atoms with E-state index >= 15 is 0 Å². The van der Waals surface area contributed by atoms with Crippen molar-refractivity contribution in [1.82, 2.24) is 10.1 Å². The third-order valence-corrected chi connectivity index (χ3v) is 5.03. The molecule has 0 fully saturated rings. The van der Waals surface area contributed by atoms with Crippen LogP contribution in [0.3, 0.4) is 0 Å². The average Bonchev–Trinajstić information content (AvgIpc) is 3.05. The summed E-state index contributed by atoms with van der Waals surface area (Å²) < 4.78 is 72.6. The molecule has 0 saturated heterocycles. The lowest BCUT2D eigenvalue weighted by molar-refractivity contribution is -0.159. The lowest BCUT2D eigenvalue weighted by Gasteiger charge is -2.05. The van der Waals surface area contributed by atoms with Gasteiger partial charge in [-0.1, -0.05) is 23.4 Å². The second kappa shape index (κ2) is 6.52. The Morgan fingerprint density at radius 2 is 1.81 bits per heavy atom. The first-order chi connectivity index (χ1) is 12.2. The van der Waals surface area contributed by atoms with Crippen molar-refractivity contribution < 1.29 is 26.3 Å². The van der Waals surface area contributed by atoms with E-state index in [-0.39, 0.29) is 11.3 Å².